The van der Waals surface area contributed by atoms with E-state index in [1.807, 2.05) is 0 Å². The van der Waals surface area contributed by atoms with Gasteiger partial charge in [0.15, 0.2) is 22.5 Å². The van der Waals surface area contributed by atoms with Gasteiger partial charge in [0, 0.05) is 34.4 Å². The molecule has 0 spiro atoms. The largest absolute Gasteiger partial charge is 0.497 e. The fourth-order valence-electron chi connectivity index (χ4n) is 4.98. The molecule has 2 heterocycles. The fourth-order valence-corrected chi connectivity index (χ4v) is 6.24. The molecule has 5 aromatic rings. The van der Waals surface area contributed by atoms with Crippen molar-refractivity contribution in [1.29, 1.82) is 0 Å². The number of aromatic nitrogens is 3. The summed E-state index contributed by atoms with van der Waals surface area (Å²) < 4.78 is 48.7. The van der Waals surface area contributed by atoms with Crippen LogP contribution in [0.5, 0.6) is 5.75 Å². The number of methoxy groups -OCH3 is 1. The number of thiol groups is 1. The maximum absolute atomic E-state index is 15.2. The number of carbonyl (C=O) groups is 1. The number of hydrogen-bond donors (Lipinski definition) is 2. The molecule has 1 aliphatic carbocycles. The van der Waals surface area contributed by atoms with E-state index in [4.69, 9.17) is 15.0 Å². The van der Waals surface area contributed by atoms with Crippen LogP contribution in [0.1, 0.15) is 46.1 Å². The van der Waals surface area contributed by atoms with Gasteiger partial charge in [-0.15, -0.1) is 16.5 Å². The van der Waals surface area contributed by atoms with Crippen LogP contribution < -0.4 is 9.88 Å². The number of hydrogen-bond acceptors (Lipinski definition) is 6. The first-order valence-electron chi connectivity index (χ1n) is 13.0. The van der Waals surface area contributed by atoms with Crippen molar-refractivity contribution in [3.05, 3.63) is 100 Å². The standard InChI is InChI=1S/C30H24F2N4O4S2/c1-40-20-4-2-3-18(13-20)21-14-19(8-9-23(21)31)27-22(11-16-5-10-26(42(33)39)24(32)12-16)28(17-6-7-17)36(35-27)30-34-25(15-41-30)29(37)38/h2-5,8-10,12-15,17H,6-7,11H2,1H3,(H2,33,39)(H,37,38)/p+1. The van der Waals surface area contributed by atoms with Crippen molar-refractivity contribution in [1.82, 2.24) is 14.8 Å². The van der Waals surface area contributed by atoms with Crippen molar-refractivity contribution in [2.75, 3.05) is 7.11 Å². The number of ether oxygens (including phenoxy) is 1. The molecule has 0 saturated heterocycles. The summed E-state index contributed by atoms with van der Waals surface area (Å²) in [5.41, 5.74) is 4.29. The summed E-state index contributed by atoms with van der Waals surface area (Å²) in [5.74, 6) is -1.50. The van der Waals surface area contributed by atoms with Crippen LogP contribution in [-0.2, 0) is 21.6 Å². The van der Waals surface area contributed by atoms with Crippen molar-refractivity contribution in [2.24, 2.45) is 5.14 Å². The van der Waals surface area contributed by atoms with Crippen LogP contribution in [0.2, 0.25) is 0 Å². The molecule has 1 saturated carbocycles. The Kier molecular flexibility index (Phi) is 7.43. The average Bonchev–Trinajstić information content (AvgIpc) is 3.56. The first kappa shape index (κ1) is 27.9. The van der Waals surface area contributed by atoms with Crippen LogP contribution in [0.4, 0.5) is 8.78 Å². The second-order valence-electron chi connectivity index (χ2n) is 9.93. The molecule has 1 unspecified atom stereocenters. The molecule has 214 valence electrons. The second kappa shape index (κ2) is 11.2. The lowest BCUT2D eigenvalue weighted by Crippen LogP contribution is -2.06. The number of carboxylic acids is 1. The summed E-state index contributed by atoms with van der Waals surface area (Å²) in [6.07, 6.45) is 2.06. The van der Waals surface area contributed by atoms with Gasteiger partial charge in [0.25, 0.3) is 0 Å². The third-order valence-electron chi connectivity index (χ3n) is 7.13. The zero-order valence-corrected chi connectivity index (χ0v) is 24.0. The maximum atomic E-state index is 15.2. The highest BCUT2D eigenvalue weighted by Crippen LogP contribution is 2.46. The molecule has 0 amide bonds. The first-order chi connectivity index (χ1) is 20.2. The van der Waals surface area contributed by atoms with Gasteiger partial charge in [0.05, 0.1) is 18.5 Å². The van der Waals surface area contributed by atoms with E-state index in [1.165, 1.54) is 23.6 Å². The minimum atomic E-state index is -2.34. The molecular formula is C30H25F2N4O4S2+. The fraction of sp³-hybridized carbons (Fsp3) is 0.167. The lowest BCUT2D eigenvalue weighted by atomic mass is 9.95. The molecule has 12 heteroatoms. The normalized spacial score (nSPS) is 13.7. The predicted molar refractivity (Wildman–Crippen MR) is 157 cm³/mol. The van der Waals surface area contributed by atoms with E-state index in [1.54, 1.807) is 54.3 Å². The van der Waals surface area contributed by atoms with Gasteiger partial charge in [-0.05, 0) is 66.4 Å². The summed E-state index contributed by atoms with van der Waals surface area (Å²) in [6, 6.07) is 16.2. The van der Waals surface area contributed by atoms with Gasteiger partial charge in [0.1, 0.15) is 11.6 Å². The van der Waals surface area contributed by atoms with E-state index in [9.17, 15) is 18.5 Å². The van der Waals surface area contributed by atoms with Crippen molar-refractivity contribution < 1.29 is 27.6 Å². The van der Waals surface area contributed by atoms with Gasteiger partial charge < -0.3 is 9.84 Å². The Labute approximate surface area is 246 Å². The number of nitrogens with zero attached hydrogens (tertiary/aromatic N) is 3. The van der Waals surface area contributed by atoms with E-state index in [2.05, 4.69) is 4.98 Å². The summed E-state index contributed by atoms with van der Waals surface area (Å²) in [6.45, 7) is 0. The van der Waals surface area contributed by atoms with Crippen molar-refractivity contribution in [3.63, 3.8) is 0 Å². The summed E-state index contributed by atoms with van der Waals surface area (Å²) >= 11 is 1.16. The zero-order chi connectivity index (χ0) is 29.5. The highest BCUT2D eigenvalue weighted by atomic mass is 32.2. The van der Waals surface area contributed by atoms with E-state index in [0.717, 1.165) is 35.4 Å². The Morgan fingerprint density at radius 3 is 2.60 bits per heavy atom. The van der Waals surface area contributed by atoms with Gasteiger partial charge >= 0.3 is 5.97 Å². The molecule has 3 N–H and O–H groups in total. The minimum Gasteiger partial charge on any atom is -0.497 e. The lowest BCUT2D eigenvalue weighted by molar-refractivity contribution is 0.0691. The molecule has 6 rings (SSSR count). The van der Waals surface area contributed by atoms with E-state index >= 15 is 4.39 Å². The molecule has 42 heavy (non-hydrogen) atoms. The Morgan fingerprint density at radius 1 is 1.12 bits per heavy atom. The molecule has 0 aliphatic heterocycles. The van der Waals surface area contributed by atoms with Crippen molar-refractivity contribution in [3.8, 4) is 33.3 Å². The van der Waals surface area contributed by atoms with E-state index < -0.39 is 28.6 Å². The van der Waals surface area contributed by atoms with Gasteiger partial charge in [-0.2, -0.15) is 5.10 Å². The molecule has 8 nitrogen and oxygen atoms in total. The molecule has 3 aromatic carbocycles. The Hall–Kier alpha value is -4.26. The topological polar surface area (TPSA) is 120 Å². The van der Waals surface area contributed by atoms with Crippen LogP contribution in [0.15, 0.2) is 70.9 Å². The van der Waals surface area contributed by atoms with Gasteiger partial charge in [-0.1, -0.05) is 22.4 Å². The van der Waals surface area contributed by atoms with E-state index in [-0.39, 0.29) is 22.9 Å². The SMILES string of the molecule is COc1cccc(-c2cc(-c3nn(-c4nc(C(=O)O)cs4)c(C4CC4)c3Cc3ccc([SH+](N)=O)c(F)c3)ccc2F)c1. The molecular weight excluding hydrogens is 582 g/mol. The monoisotopic (exact) mass is 607 g/mol. The molecule has 0 radical (unpaired) electrons. The third kappa shape index (κ3) is 5.36. The Balaban J connectivity index is 1.54. The van der Waals surface area contributed by atoms with Gasteiger partial charge in [-0.25, -0.2) is 23.2 Å². The highest BCUT2D eigenvalue weighted by molar-refractivity contribution is 7.82. The van der Waals surface area contributed by atoms with Gasteiger partial charge in [-0.3, -0.25) is 0 Å². The number of halogens is 2. The predicted octanol–water partition coefficient (Wildman–Crippen LogP) is 6.04. The van der Waals surface area contributed by atoms with Crippen LogP contribution in [0.3, 0.4) is 0 Å². The summed E-state index contributed by atoms with van der Waals surface area (Å²) in [7, 11) is -0.798. The molecule has 1 fully saturated rings. The van der Waals surface area contributed by atoms with E-state index in [0.29, 0.717) is 38.8 Å². The molecule has 1 aliphatic rings. The summed E-state index contributed by atoms with van der Waals surface area (Å²) in [5, 5.41) is 21.7. The second-order valence-corrected chi connectivity index (χ2v) is 11.9. The Bertz CT molecular complexity index is 1870. The van der Waals surface area contributed by atoms with Crippen molar-refractivity contribution in [2.45, 2.75) is 30.1 Å². The lowest BCUT2D eigenvalue weighted by Gasteiger charge is -2.10. The molecule has 1 atom stereocenters. The zero-order valence-electron chi connectivity index (χ0n) is 22.3. The van der Waals surface area contributed by atoms with Crippen LogP contribution >= 0.6 is 11.3 Å². The number of nitrogens with two attached hydrogens (primary N) is 1. The Morgan fingerprint density at radius 2 is 1.93 bits per heavy atom. The number of aromatic carboxylic acids is 1. The number of thiazole rings is 1. The number of rotatable bonds is 9. The molecule has 0 bridgehead atoms. The van der Waals surface area contributed by atoms with Crippen LogP contribution in [0, 0.1) is 11.6 Å². The minimum absolute atomic E-state index is 0.0578. The van der Waals surface area contributed by atoms with Crippen molar-refractivity contribution >= 4 is 28.3 Å². The first-order valence-corrected chi connectivity index (χ1v) is 15.2. The quantitative estimate of drug-likeness (QED) is 0.156. The smallest absolute Gasteiger partial charge is 0.355 e. The molecule has 2 aromatic heterocycles. The highest BCUT2D eigenvalue weighted by Gasteiger charge is 2.34. The average molecular weight is 608 g/mol. The van der Waals surface area contributed by atoms with Crippen LogP contribution in [0.25, 0.3) is 27.5 Å². The number of benzene rings is 3. The third-order valence-corrected chi connectivity index (χ3v) is 8.78. The van der Waals surface area contributed by atoms with Crippen LogP contribution in [-0.4, -0.2) is 33.0 Å². The summed E-state index contributed by atoms with van der Waals surface area (Å²) in [4.78, 5) is 15.8. The maximum Gasteiger partial charge on any atom is 0.355 e. The number of carboxylic acid groups (broad SMARTS) is 1. The van der Waals surface area contributed by atoms with Gasteiger partial charge in [0.2, 0.25) is 10.0 Å².